The van der Waals surface area contributed by atoms with Gasteiger partial charge in [-0.25, -0.2) is 9.07 Å². The molecule has 0 unspecified atom stereocenters. The van der Waals surface area contributed by atoms with E-state index in [1.807, 2.05) is 69.3 Å². The molecule has 3 aromatic carbocycles. The summed E-state index contributed by atoms with van der Waals surface area (Å²) in [4.78, 5) is 18.4. The van der Waals surface area contributed by atoms with Gasteiger partial charge < -0.3 is 10.1 Å². The number of aromatic nitrogens is 2. The van der Waals surface area contributed by atoms with E-state index in [1.165, 1.54) is 12.1 Å². The summed E-state index contributed by atoms with van der Waals surface area (Å²) in [5.74, 6) is 0.108. The monoisotopic (exact) mass is 496 g/mol. The molecule has 2 heterocycles. The first kappa shape index (κ1) is 24.4. The average molecular weight is 497 g/mol. The average Bonchev–Trinajstić information content (AvgIpc) is 3.24. The Morgan fingerprint density at radius 1 is 1.03 bits per heavy atom. The van der Waals surface area contributed by atoms with Crippen LogP contribution in [0.25, 0.3) is 5.69 Å². The summed E-state index contributed by atoms with van der Waals surface area (Å²) < 4.78 is 21.9. The smallest absolute Gasteiger partial charge is 0.251 e. The van der Waals surface area contributed by atoms with Crippen molar-refractivity contribution in [2.45, 2.75) is 39.2 Å². The predicted molar refractivity (Wildman–Crippen MR) is 142 cm³/mol. The summed E-state index contributed by atoms with van der Waals surface area (Å²) in [7, 11) is 0. The number of hydrogen-bond acceptors (Lipinski definition) is 4. The Labute approximate surface area is 215 Å². The van der Waals surface area contributed by atoms with Gasteiger partial charge in [0.1, 0.15) is 11.9 Å². The lowest BCUT2D eigenvalue weighted by Crippen LogP contribution is -2.47. The highest BCUT2D eigenvalue weighted by molar-refractivity contribution is 5.99. The number of ether oxygens (including phenoxy) is 1. The van der Waals surface area contributed by atoms with Gasteiger partial charge in [0, 0.05) is 17.0 Å². The molecule has 0 saturated carbocycles. The zero-order chi connectivity index (χ0) is 25.9. The molecule has 0 aliphatic carbocycles. The normalized spacial score (nSPS) is 16.6. The summed E-state index contributed by atoms with van der Waals surface area (Å²) in [5.41, 5.74) is 4.89. The third kappa shape index (κ3) is 4.89. The van der Waals surface area contributed by atoms with Crippen LogP contribution < -0.4 is 5.32 Å². The minimum absolute atomic E-state index is 0.231. The van der Waals surface area contributed by atoms with Crippen LogP contribution in [0.1, 0.15) is 52.0 Å². The van der Waals surface area contributed by atoms with Crippen molar-refractivity contribution in [3.8, 4) is 5.69 Å². The highest BCUT2D eigenvalue weighted by Gasteiger charge is 2.40. The Hall–Kier alpha value is -4.26. The molecule has 0 saturated heterocycles. The standard InChI is InChI=1S/C30H29FN4O2/c1-4-17-37-30-27(32-29(36)22-10-8-9-19(2)18-22)26(21-13-15-23(31)16-14-21)25-20(3)34-35(28(25)33-30)24-11-6-5-7-12-24/h5-16,18,26-27H,4,17H2,1-3H3,(H,32,36)/t26-,27-/m0/s1. The molecule has 4 aromatic rings. The molecule has 188 valence electrons. The maximum Gasteiger partial charge on any atom is 0.251 e. The van der Waals surface area contributed by atoms with Crippen LogP contribution in [0, 0.1) is 19.7 Å². The third-order valence-corrected chi connectivity index (χ3v) is 6.46. The van der Waals surface area contributed by atoms with Crippen molar-refractivity contribution < 1.29 is 13.9 Å². The van der Waals surface area contributed by atoms with E-state index in [1.54, 1.807) is 22.9 Å². The van der Waals surface area contributed by atoms with E-state index >= 15 is 0 Å². The zero-order valence-electron chi connectivity index (χ0n) is 21.1. The van der Waals surface area contributed by atoms with E-state index in [4.69, 9.17) is 14.8 Å². The lowest BCUT2D eigenvalue weighted by molar-refractivity contribution is 0.0938. The predicted octanol–water partition coefficient (Wildman–Crippen LogP) is 6.03. The Kier molecular flexibility index (Phi) is 6.86. The quantitative estimate of drug-likeness (QED) is 0.354. The molecule has 37 heavy (non-hydrogen) atoms. The number of rotatable bonds is 6. The lowest BCUT2D eigenvalue weighted by atomic mass is 9.82. The largest absolute Gasteiger partial charge is 0.479 e. The van der Waals surface area contributed by atoms with E-state index in [9.17, 15) is 9.18 Å². The third-order valence-electron chi connectivity index (χ3n) is 6.46. The fraction of sp³-hybridized carbons (Fsp3) is 0.233. The number of fused-ring (bicyclic) bond motifs is 1. The van der Waals surface area contributed by atoms with Crippen LogP contribution in [0.15, 0.2) is 83.9 Å². The molecule has 1 aliphatic rings. The molecule has 7 heteroatoms. The second kappa shape index (κ2) is 10.4. The Bertz CT molecular complexity index is 1440. The number of nitrogens with zero attached hydrogens (tertiary/aromatic N) is 3. The van der Waals surface area contributed by atoms with Gasteiger partial charge in [0.05, 0.1) is 18.0 Å². The molecule has 1 N–H and O–H groups in total. The van der Waals surface area contributed by atoms with E-state index in [0.717, 1.165) is 34.5 Å². The number of amides is 1. The second-order valence-electron chi connectivity index (χ2n) is 9.22. The number of hydrogen-bond donors (Lipinski definition) is 1. The van der Waals surface area contributed by atoms with Gasteiger partial charge in [-0.05, 0) is 62.2 Å². The summed E-state index contributed by atoms with van der Waals surface area (Å²) in [5, 5.41) is 8.00. The molecule has 5 rings (SSSR count). The Balaban J connectivity index is 1.67. The first-order valence-electron chi connectivity index (χ1n) is 12.5. The van der Waals surface area contributed by atoms with Crippen LogP contribution in [0.4, 0.5) is 10.2 Å². The summed E-state index contributed by atoms with van der Waals surface area (Å²) >= 11 is 0. The number of benzene rings is 3. The van der Waals surface area contributed by atoms with Crippen LogP contribution >= 0.6 is 0 Å². The fourth-order valence-electron chi connectivity index (χ4n) is 4.75. The van der Waals surface area contributed by atoms with Gasteiger partial charge in [0.25, 0.3) is 5.91 Å². The molecule has 0 spiro atoms. The first-order chi connectivity index (χ1) is 18.0. The van der Waals surface area contributed by atoms with E-state index in [2.05, 4.69) is 5.32 Å². The van der Waals surface area contributed by atoms with Gasteiger partial charge in [-0.3, -0.25) is 4.79 Å². The van der Waals surface area contributed by atoms with Gasteiger partial charge in [-0.2, -0.15) is 10.1 Å². The van der Waals surface area contributed by atoms with Gasteiger partial charge in [0.2, 0.25) is 5.90 Å². The molecule has 0 fully saturated rings. The first-order valence-corrected chi connectivity index (χ1v) is 12.5. The topological polar surface area (TPSA) is 68.5 Å². The number of aliphatic imine (C=N–C) groups is 1. The molecular formula is C30H29FN4O2. The highest BCUT2D eigenvalue weighted by atomic mass is 19.1. The highest BCUT2D eigenvalue weighted by Crippen LogP contribution is 2.42. The Morgan fingerprint density at radius 2 is 1.78 bits per heavy atom. The van der Waals surface area contributed by atoms with Crippen molar-refractivity contribution in [2.24, 2.45) is 4.99 Å². The van der Waals surface area contributed by atoms with Crippen molar-refractivity contribution in [1.29, 1.82) is 0 Å². The number of halogens is 1. The molecule has 0 radical (unpaired) electrons. The zero-order valence-corrected chi connectivity index (χ0v) is 21.1. The van der Waals surface area contributed by atoms with Crippen LogP contribution in [0.2, 0.25) is 0 Å². The molecule has 6 nitrogen and oxygen atoms in total. The van der Waals surface area contributed by atoms with E-state index in [0.29, 0.717) is 23.9 Å². The van der Waals surface area contributed by atoms with E-state index < -0.39 is 6.04 Å². The van der Waals surface area contributed by atoms with E-state index in [-0.39, 0.29) is 17.6 Å². The van der Waals surface area contributed by atoms with Crippen LogP contribution in [0.5, 0.6) is 0 Å². The summed E-state index contributed by atoms with van der Waals surface area (Å²) in [6, 6.07) is 23.0. The van der Waals surface area contributed by atoms with Gasteiger partial charge in [-0.1, -0.05) is 55.0 Å². The molecule has 2 atom stereocenters. The number of nitrogens with one attached hydrogen (secondary N) is 1. The van der Waals surface area contributed by atoms with Gasteiger partial charge in [0.15, 0.2) is 5.82 Å². The molecule has 0 bridgehead atoms. The number of carbonyl (C=O) groups excluding carboxylic acids is 1. The van der Waals surface area contributed by atoms with Crippen LogP contribution in [-0.2, 0) is 4.74 Å². The SMILES string of the molecule is CCCOC1=Nc2c(c(C)nn2-c2ccccc2)[C@H](c2ccc(F)cc2)[C@@H]1NC(=O)c1cccc(C)c1. The minimum Gasteiger partial charge on any atom is -0.479 e. The Morgan fingerprint density at radius 3 is 2.49 bits per heavy atom. The van der Waals surface area contributed by atoms with Crippen molar-refractivity contribution in [2.75, 3.05) is 6.61 Å². The van der Waals surface area contributed by atoms with Gasteiger partial charge >= 0.3 is 0 Å². The summed E-state index contributed by atoms with van der Waals surface area (Å²) in [6.07, 6.45) is 0.780. The van der Waals surface area contributed by atoms with Crippen molar-refractivity contribution in [1.82, 2.24) is 15.1 Å². The maximum atomic E-state index is 13.9. The number of aryl methyl sites for hydroxylation is 2. The second-order valence-corrected chi connectivity index (χ2v) is 9.22. The minimum atomic E-state index is -0.607. The van der Waals surface area contributed by atoms with Crippen LogP contribution in [0.3, 0.4) is 0 Å². The van der Waals surface area contributed by atoms with Gasteiger partial charge in [-0.15, -0.1) is 0 Å². The summed E-state index contributed by atoms with van der Waals surface area (Å²) in [6.45, 7) is 6.34. The number of para-hydroxylation sites is 1. The van der Waals surface area contributed by atoms with Crippen molar-refractivity contribution >= 4 is 17.6 Å². The maximum absolute atomic E-state index is 13.9. The van der Waals surface area contributed by atoms with Crippen molar-refractivity contribution in [3.05, 3.63) is 113 Å². The fourth-order valence-corrected chi connectivity index (χ4v) is 4.75. The number of carbonyl (C=O) groups is 1. The lowest BCUT2D eigenvalue weighted by Gasteiger charge is -2.33. The molecule has 1 amide bonds. The molecule has 1 aliphatic heterocycles. The molecular weight excluding hydrogens is 467 g/mol. The molecule has 1 aromatic heterocycles. The van der Waals surface area contributed by atoms with Crippen LogP contribution in [-0.4, -0.2) is 34.2 Å². The van der Waals surface area contributed by atoms with Crippen molar-refractivity contribution in [3.63, 3.8) is 0 Å².